The molecule has 1 atom stereocenters. The van der Waals surface area contributed by atoms with Gasteiger partial charge in [-0.25, -0.2) is 9.37 Å². The highest BCUT2D eigenvalue weighted by Gasteiger charge is 2.25. The first-order valence-corrected chi connectivity index (χ1v) is 9.81. The highest BCUT2D eigenvalue weighted by atomic mass is 19.1. The molecule has 1 aromatic rings. The number of nitrogens with zero attached hydrogens (tertiary/aromatic N) is 4. The summed E-state index contributed by atoms with van der Waals surface area (Å²) >= 11 is 0. The highest BCUT2D eigenvalue weighted by molar-refractivity contribution is 5.80. The molecule has 2 fully saturated rings. The molecule has 0 saturated carbocycles. The van der Waals surface area contributed by atoms with Crippen LogP contribution in [0.3, 0.4) is 0 Å². The second-order valence-electron chi connectivity index (χ2n) is 7.14. The van der Waals surface area contributed by atoms with Crippen LogP contribution in [0.25, 0.3) is 0 Å². The van der Waals surface area contributed by atoms with E-state index in [-0.39, 0.29) is 11.9 Å². The van der Waals surface area contributed by atoms with Crippen molar-refractivity contribution in [1.82, 2.24) is 20.5 Å². The van der Waals surface area contributed by atoms with E-state index in [1.165, 1.54) is 45.0 Å². The largest absolute Gasteiger partial charge is 0.356 e. The SMILES string of the molecule is CN=C(NCCCCN1CCCC1)NC1CCN(c2ncccc2F)C1. The van der Waals surface area contributed by atoms with Crippen molar-refractivity contribution in [2.24, 2.45) is 4.99 Å². The first-order valence-electron chi connectivity index (χ1n) is 9.81. The Morgan fingerprint density at radius 3 is 2.92 bits per heavy atom. The van der Waals surface area contributed by atoms with Crippen LogP contribution >= 0.6 is 0 Å². The summed E-state index contributed by atoms with van der Waals surface area (Å²) in [6, 6.07) is 3.35. The van der Waals surface area contributed by atoms with Crippen molar-refractivity contribution < 1.29 is 4.39 Å². The molecule has 3 rings (SSSR count). The van der Waals surface area contributed by atoms with Crippen LogP contribution in [-0.4, -0.2) is 68.2 Å². The van der Waals surface area contributed by atoms with Crippen LogP contribution in [-0.2, 0) is 0 Å². The van der Waals surface area contributed by atoms with E-state index in [0.717, 1.165) is 38.4 Å². The van der Waals surface area contributed by atoms with E-state index in [2.05, 4.69) is 25.5 Å². The van der Waals surface area contributed by atoms with Gasteiger partial charge in [0.15, 0.2) is 17.6 Å². The monoisotopic (exact) mass is 362 g/mol. The zero-order valence-corrected chi connectivity index (χ0v) is 15.8. The zero-order chi connectivity index (χ0) is 18.2. The van der Waals surface area contributed by atoms with Crippen molar-refractivity contribution >= 4 is 11.8 Å². The molecule has 2 N–H and O–H groups in total. The average molecular weight is 362 g/mol. The van der Waals surface area contributed by atoms with Gasteiger partial charge in [-0.1, -0.05) is 0 Å². The second-order valence-corrected chi connectivity index (χ2v) is 7.14. The molecule has 0 bridgehead atoms. The number of likely N-dealkylation sites (tertiary alicyclic amines) is 1. The third-order valence-electron chi connectivity index (χ3n) is 5.18. The fraction of sp³-hybridized carbons (Fsp3) is 0.684. The Bertz CT molecular complexity index is 587. The number of aliphatic imine (C=N–C) groups is 1. The summed E-state index contributed by atoms with van der Waals surface area (Å²) in [5, 5.41) is 6.85. The van der Waals surface area contributed by atoms with Gasteiger partial charge in [0.1, 0.15) is 0 Å². The van der Waals surface area contributed by atoms with Crippen LogP contribution in [0, 0.1) is 5.82 Å². The standard InChI is InChI=1S/C19H31FN6/c1-21-19(23-9-2-3-11-25-12-4-5-13-25)24-16-8-14-26(15-16)18-17(20)7-6-10-22-18/h6-7,10,16H,2-5,8-9,11-15H2,1H3,(H2,21,23,24). The van der Waals surface area contributed by atoms with Crippen LogP contribution in [0.1, 0.15) is 32.1 Å². The van der Waals surface area contributed by atoms with E-state index in [9.17, 15) is 4.39 Å². The van der Waals surface area contributed by atoms with Crippen LogP contribution in [0.15, 0.2) is 23.3 Å². The number of hydrogen-bond acceptors (Lipinski definition) is 4. The number of rotatable bonds is 7. The zero-order valence-electron chi connectivity index (χ0n) is 15.8. The van der Waals surface area contributed by atoms with Crippen LogP contribution in [0.2, 0.25) is 0 Å². The molecule has 7 heteroatoms. The number of anilines is 1. The van der Waals surface area contributed by atoms with E-state index in [0.29, 0.717) is 5.82 Å². The van der Waals surface area contributed by atoms with Crippen molar-refractivity contribution in [1.29, 1.82) is 0 Å². The van der Waals surface area contributed by atoms with Crippen LogP contribution < -0.4 is 15.5 Å². The Kier molecular flexibility index (Phi) is 7.05. The summed E-state index contributed by atoms with van der Waals surface area (Å²) in [7, 11) is 1.80. The Morgan fingerprint density at radius 1 is 1.31 bits per heavy atom. The smallest absolute Gasteiger partial charge is 0.191 e. The van der Waals surface area contributed by atoms with Gasteiger partial charge in [0, 0.05) is 38.9 Å². The molecule has 144 valence electrons. The number of nitrogens with one attached hydrogen (secondary N) is 2. The number of aromatic nitrogens is 1. The van der Waals surface area contributed by atoms with Gasteiger partial charge in [-0.15, -0.1) is 0 Å². The summed E-state index contributed by atoms with van der Waals surface area (Å²) < 4.78 is 13.9. The molecule has 0 aliphatic carbocycles. The van der Waals surface area contributed by atoms with Crippen molar-refractivity contribution in [3.63, 3.8) is 0 Å². The van der Waals surface area contributed by atoms with Gasteiger partial charge in [-0.05, 0) is 63.9 Å². The first-order chi connectivity index (χ1) is 12.8. The summed E-state index contributed by atoms with van der Waals surface area (Å²) in [5.41, 5.74) is 0. The minimum Gasteiger partial charge on any atom is -0.356 e. The number of halogens is 1. The predicted octanol–water partition coefficient (Wildman–Crippen LogP) is 1.84. The van der Waals surface area contributed by atoms with E-state index in [4.69, 9.17) is 0 Å². The Morgan fingerprint density at radius 2 is 2.15 bits per heavy atom. The quantitative estimate of drug-likeness (QED) is 0.440. The lowest BCUT2D eigenvalue weighted by molar-refractivity contribution is 0.330. The molecule has 2 aliphatic heterocycles. The maximum Gasteiger partial charge on any atom is 0.191 e. The van der Waals surface area contributed by atoms with Crippen molar-refractivity contribution in [3.8, 4) is 0 Å². The molecule has 0 amide bonds. The molecule has 1 aromatic heterocycles. The lowest BCUT2D eigenvalue weighted by atomic mass is 10.2. The number of pyridine rings is 1. The molecule has 2 saturated heterocycles. The van der Waals surface area contributed by atoms with Crippen molar-refractivity contribution in [2.45, 2.75) is 38.1 Å². The Hall–Kier alpha value is -1.89. The minimum absolute atomic E-state index is 0.256. The molecule has 0 radical (unpaired) electrons. The van der Waals surface area contributed by atoms with Gasteiger partial charge in [0.2, 0.25) is 0 Å². The molecule has 3 heterocycles. The van der Waals surface area contributed by atoms with Gasteiger partial charge < -0.3 is 20.4 Å². The molecule has 0 spiro atoms. The van der Waals surface area contributed by atoms with Crippen molar-refractivity contribution in [3.05, 3.63) is 24.1 Å². The van der Waals surface area contributed by atoms with Crippen LogP contribution in [0.5, 0.6) is 0 Å². The number of hydrogen-bond donors (Lipinski definition) is 2. The fourth-order valence-corrected chi connectivity index (χ4v) is 3.74. The normalized spacial score (nSPS) is 21.4. The summed E-state index contributed by atoms with van der Waals surface area (Å²) in [6.07, 6.45) is 7.67. The number of unbranched alkanes of at least 4 members (excludes halogenated alkanes) is 1. The molecule has 0 aromatic carbocycles. The Labute approximate surface area is 155 Å². The topological polar surface area (TPSA) is 55.8 Å². The van der Waals surface area contributed by atoms with Gasteiger partial charge in [-0.2, -0.15) is 0 Å². The summed E-state index contributed by atoms with van der Waals surface area (Å²) in [6.45, 7) is 6.22. The molecule has 26 heavy (non-hydrogen) atoms. The average Bonchev–Trinajstić information content (AvgIpc) is 3.33. The van der Waals surface area contributed by atoms with E-state index < -0.39 is 0 Å². The lowest BCUT2D eigenvalue weighted by Gasteiger charge is -2.20. The third-order valence-corrected chi connectivity index (χ3v) is 5.18. The van der Waals surface area contributed by atoms with Gasteiger partial charge in [-0.3, -0.25) is 4.99 Å². The second kappa shape index (κ2) is 9.71. The molecular weight excluding hydrogens is 331 g/mol. The minimum atomic E-state index is -0.256. The molecule has 1 unspecified atom stereocenters. The van der Waals surface area contributed by atoms with Crippen LogP contribution in [0.4, 0.5) is 10.2 Å². The Balaban J connectivity index is 1.35. The van der Waals surface area contributed by atoms with E-state index in [1.54, 1.807) is 19.3 Å². The lowest BCUT2D eigenvalue weighted by Crippen LogP contribution is -2.45. The first kappa shape index (κ1) is 18.9. The predicted molar refractivity (Wildman–Crippen MR) is 104 cm³/mol. The summed E-state index contributed by atoms with van der Waals surface area (Å²) in [5.74, 6) is 1.02. The summed E-state index contributed by atoms with van der Waals surface area (Å²) in [4.78, 5) is 13.0. The number of guanidine groups is 1. The highest BCUT2D eigenvalue weighted by Crippen LogP contribution is 2.20. The van der Waals surface area contributed by atoms with Gasteiger partial charge >= 0.3 is 0 Å². The molecular formula is C19H31FN6. The van der Waals surface area contributed by atoms with E-state index in [1.807, 2.05) is 4.90 Å². The maximum absolute atomic E-state index is 13.9. The third kappa shape index (κ3) is 5.30. The maximum atomic E-state index is 13.9. The van der Waals surface area contributed by atoms with E-state index >= 15 is 0 Å². The fourth-order valence-electron chi connectivity index (χ4n) is 3.74. The van der Waals surface area contributed by atoms with Crippen molar-refractivity contribution in [2.75, 3.05) is 51.2 Å². The molecule has 2 aliphatic rings. The van der Waals surface area contributed by atoms with Gasteiger partial charge in [0.25, 0.3) is 0 Å². The molecule has 6 nitrogen and oxygen atoms in total. The van der Waals surface area contributed by atoms with Gasteiger partial charge in [0.05, 0.1) is 0 Å².